The van der Waals surface area contributed by atoms with Crippen LogP contribution in [0.4, 0.5) is 16.2 Å². The van der Waals surface area contributed by atoms with Gasteiger partial charge in [-0.15, -0.1) is 0 Å². The van der Waals surface area contributed by atoms with E-state index in [1.807, 2.05) is 34.6 Å². The molecule has 3 N–H and O–H groups in total. The molecule has 1 aromatic carbocycles. The lowest BCUT2D eigenvalue weighted by molar-refractivity contribution is -0.124. The van der Waals surface area contributed by atoms with Crippen LogP contribution < -0.4 is 20.7 Å². The first-order valence-corrected chi connectivity index (χ1v) is 7.24. The van der Waals surface area contributed by atoms with Crippen molar-refractivity contribution >= 4 is 23.3 Å². The van der Waals surface area contributed by atoms with Crippen molar-refractivity contribution in [2.24, 2.45) is 5.41 Å². The topological polar surface area (TPSA) is 79.5 Å². The number of ether oxygens (including phenoxy) is 1. The molecule has 0 radical (unpaired) electrons. The van der Waals surface area contributed by atoms with Crippen LogP contribution in [0, 0.1) is 5.41 Å². The molecule has 22 heavy (non-hydrogen) atoms. The van der Waals surface area contributed by atoms with Gasteiger partial charge in [0.25, 0.3) is 0 Å². The van der Waals surface area contributed by atoms with Crippen molar-refractivity contribution < 1.29 is 14.3 Å². The lowest BCUT2D eigenvalue weighted by atomic mass is 9.94. The molecule has 1 aliphatic heterocycles. The normalized spacial score (nSPS) is 16.7. The van der Waals surface area contributed by atoms with Gasteiger partial charge in [-0.3, -0.25) is 4.79 Å². The third-order valence-electron chi connectivity index (χ3n) is 3.18. The molecule has 0 saturated carbocycles. The van der Waals surface area contributed by atoms with Gasteiger partial charge in [-0.2, -0.15) is 0 Å². The average molecular weight is 305 g/mol. The number of amides is 3. The van der Waals surface area contributed by atoms with Crippen LogP contribution >= 0.6 is 0 Å². The Morgan fingerprint density at radius 3 is 2.64 bits per heavy atom. The van der Waals surface area contributed by atoms with E-state index in [0.29, 0.717) is 17.1 Å². The smallest absolute Gasteiger partial charge is 0.319 e. The molecule has 0 aliphatic carbocycles. The van der Waals surface area contributed by atoms with E-state index in [-0.39, 0.29) is 24.1 Å². The summed E-state index contributed by atoms with van der Waals surface area (Å²) in [6.07, 6.45) is 0. The van der Waals surface area contributed by atoms with Crippen molar-refractivity contribution in [1.29, 1.82) is 0 Å². The molecule has 0 atom stereocenters. The van der Waals surface area contributed by atoms with Crippen molar-refractivity contribution in [3.05, 3.63) is 18.2 Å². The Hall–Kier alpha value is -2.24. The predicted octanol–water partition coefficient (Wildman–Crippen LogP) is 2.96. The van der Waals surface area contributed by atoms with Crippen LogP contribution in [0.25, 0.3) is 0 Å². The fourth-order valence-corrected chi connectivity index (χ4v) is 1.94. The molecule has 120 valence electrons. The van der Waals surface area contributed by atoms with Gasteiger partial charge >= 0.3 is 6.03 Å². The molecule has 0 unspecified atom stereocenters. The minimum atomic E-state index is -0.601. The Balaban J connectivity index is 2.14. The van der Waals surface area contributed by atoms with Gasteiger partial charge < -0.3 is 20.7 Å². The Morgan fingerprint density at radius 2 is 2.00 bits per heavy atom. The second-order valence-corrected chi connectivity index (χ2v) is 7.17. The zero-order chi connectivity index (χ0) is 16.5. The molecule has 6 heteroatoms. The molecule has 0 fully saturated rings. The van der Waals surface area contributed by atoms with Gasteiger partial charge in [-0.25, -0.2) is 4.79 Å². The Bertz CT molecular complexity index is 603. The van der Waals surface area contributed by atoms with Crippen LogP contribution in [0.3, 0.4) is 0 Å². The molecule has 3 amide bonds. The number of hydrogen-bond acceptors (Lipinski definition) is 3. The Labute approximate surface area is 130 Å². The molecular weight excluding hydrogens is 282 g/mol. The number of carbonyl (C=O) groups excluding carboxylic acids is 2. The maximum Gasteiger partial charge on any atom is 0.319 e. The largest absolute Gasteiger partial charge is 0.490 e. The summed E-state index contributed by atoms with van der Waals surface area (Å²) in [6, 6.07) is 4.87. The van der Waals surface area contributed by atoms with Crippen molar-refractivity contribution in [1.82, 2.24) is 5.32 Å². The van der Waals surface area contributed by atoms with Gasteiger partial charge in [-0.1, -0.05) is 0 Å². The predicted molar refractivity (Wildman–Crippen MR) is 86.3 cm³/mol. The van der Waals surface area contributed by atoms with Crippen molar-refractivity contribution in [3.8, 4) is 5.75 Å². The third-order valence-corrected chi connectivity index (χ3v) is 3.18. The summed E-state index contributed by atoms with van der Waals surface area (Å²) in [6.45, 7) is 9.65. The minimum Gasteiger partial charge on any atom is -0.490 e. The van der Waals surface area contributed by atoms with Crippen LogP contribution in [-0.2, 0) is 4.79 Å². The average Bonchev–Trinajstić information content (AvgIpc) is 2.46. The first-order chi connectivity index (χ1) is 10.1. The molecule has 0 saturated heterocycles. The van der Waals surface area contributed by atoms with Gasteiger partial charge in [0.2, 0.25) is 5.91 Å². The van der Waals surface area contributed by atoms with Gasteiger partial charge in [0.1, 0.15) is 12.4 Å². The molecule has 1 aliphatic rings. The lowest BCUT2D eigenvalue weighted by Gasteiger charge is -2.21. The van der Waals surface area contributed by atoms with Gasteiger partial charge in [-0.05, 0) is 46.8 Å². The first kappa shape index (κ1) is 16.1. The summed E-state index contributed by atoms with van der Waals surface area (Å²) >= 11 is 0. The van der Waals surface area contributed by atoms with Gasteiger partial charge in [0.05, 0.1) is 11.1 Å². The van der Waals surface area contributed by atoms with Gasteiger partial charge in [0.15, 0.2) is 0 Å². The number of rotatable bonds is 1. The van der Waals surface area contributed by atoms with Crippen LogP contribution in [0.1, 0.15) is 34.6 Å². The van der Waals surface area contributed by atoms with E-state index in [1.165, 1.54) is 0 Å². The van der Waals surface area contributed by atoms with E-state index >= 15 is 0 Å². The highest BCUT2D eigenvalue weighted by Crippen LogP contribution is 2.34. The number of fused-ring (bicyclic) bond motifs is 1. The maximum absolute atomic E-state index is 12.0. The zero-order valence-corrected chi connectivity index (χ0v) is 13.7. The van der Waals surface area contributed by atoms with E-state index in [1.54, 1.807) is 18.2 Å². The number of anilines is 2. The molecule has 0 spiro atoms. The first-order valence-electron chi connectivity index (χ1n) is 7.24. The SMILES string of the molecule is CC(C)(C)NC(=O)Nc1ccc2c(c1)OCC(C)(C)C(=O)N2. The van der Waals surface area contributed by atoms with Crippen LogP contribution in [0.15, 0.2) is 18.2 Å². The lowest BCUT2D eigenvalue weighted by Crippen LogP contribution is -2.43. The summed E-state index contributed by atoms with van der Waals surface area (Å²) in [5, 5.41) is 8.42. The number of nitrogens with one attached hydrogen (secondary N) is 3. The monoisotopic (exact) mass is 305 g/mol. The molecule has 6 nitrogen and oxygen atoms in total. The van der Waals surface area contributed by atoms with Crippen molar-refractivity contribution in [2.75, 3.05) is 17.2 Å². The maximum atomic E-state index is 12.0. The number of carbonyl (C=O) groups is 2. The van der Waals surface area contributed by atoms with Crippen molar-refractivity contribution in [2.45, 2.75) is 40.2 Å². The standard InChI is InChI=1S/C16H23N3O3/c1-15(2,3)19-14(21)17-10-6-7-11-12(8-10)22-9-16(4,5)13(20)18-11/h6-8H,9H2,1-5H3,(H,18,20)(H2,17,19,21). The number of hydrogen-bond donors (Lipinski definition) is 3. The van der Waals surface area contributed by atoms with Gasteiger partial charge in [0, 0.05) is 17.3 Å². The highest BCUT2D eigenvalue weighted by atomic mass is 16.5. The number of benzene rings is 1. The van der Waals surface area contributed by atoms with E-state index in [4.69, 9.17) is 4.74 Å². The molecule has 1 heterocycles. The van der Waals surface area contributed by atoms with E-state index in [2.05, 4.69) is 16.0 Å². The molecule has 0 aromatic heterocycles. The summed E-state index contributed by atoms with van der Waals surface area (Å²) < 4.78 is 5.70. The Kier molecular flexibility index (Phi) is 4.04. The summed E-state index contributed by atoms with van der Waals surface area (Å²) in [5.41, 5.74) is 0.298. The zero-order valence-electron chi connectivity index (χ0n) is 13.7. The van der Waals surface area contributed by atoms with Crippen LogP contribution in [0.5, 0.6) is 5.75 Å². The fraction of sp³-hybridized carbons (Fsp3) is 0.500. The number of urea groups is 1. The van der Waals surface area contributed by atoms with E-state index in [0.717, 1.165) is 0 Å². The molecular formula is C16H23N3O3. The quantitative estimate of drug-likeness (QED) is 0.746. The minimum absolute atomic E-state index is 0.0857. The Morgan fingerprint density at radius 1 is 1.32 bits per heavy atom. The second kappa shape index (κ2) is 5.51. The fourth-order valence-electron chi connectivity index (χ4n) is 1.94. The second-order valence-electron chi connectivity index (χ2n) is 7.17. The van der Waals surface area contributed by atoms with Crippen LogP contribution in [0.2, 0.25) is 0 Å². The van der Waals surface area contributed by atoms with Crippen LogP contribution in [-0.4, -0.2) is 24.1 Å². The van der Waals surface area contributed by atoms with E-state index in [9.17, 15) is 9.59 Å². The van der Waals surface area contributed by atoms with E-state index < -0.39 is 5.41 Å². The third kappa shape index (κ3) is 3.90. The summed E-state index contributed by atoms with van der Waals surface area (Å²) in [7, 11) is 0. The molecule has 1 aromatic rings. The summed E-state index contributed by atoms with van der Waals surface area (Å²) in [4.78, 5) is 23.9. The molecule has 2 rings (SSSR count). The highest BCUT2D eigenvalue weighted by Gasteiger charge is 2.32. The highest BCUT2D eigenvalue weighted by molar-refractivity contribution is 5.98. The molecule has 0 bridgehead atoms. The van der Waals surface area contributed by atoms with Crippen molar-refractivity contribution in [3.63, 3.8) is 0 Å². The summed E-state index contributed by atoms with van der Waals surface area (Å²) in [5.74, 6) is 0.463.